The zero-order chi connectivity index (χ0) is 21.1. The van der Waals surface area contributed by atoms with E-state index in [1.807, 2.05) is 36.4 Å². The van der Waals surface area contributed by atoms with Gasteiger partial charge in [-0.15, -0.1) is 0 Å². The lowest BCUT2D eigenvalue weighted by Crippen LogP contribution is -2.82. The first-order valence-electron chi connectivity index (χ1n) is 10.5. The molecule has 0 aromatic heterocycles. The number of carbonyl (C=O) groups is 1. The van der Waals surface area contributed by atoms with Crippen LogP contribution in [0.1, 0.15) is 0 Å². The Hall–Kier alpha value is -3.63. The largest absolute Gasteiger partial charge is 0.461 e. The number of benzene rings is 4. The van der Waals surface area contributed by atoms with Crippen molar-refractivity contribution in [3.05, 3.63) is 121 Å². The highest BCUT2D eigenvalue weighted by Crippen LogP contribution is 2.28. The zero-order valence-corrected chi connectivity index (χ0v) is 18.1. The summed E-state index contributed by atoms with van der Waals surface area (Å²) in [6.07, 6.45) is 0. The molecule has 1 saturated heterocycles. The van der Waals surface area contributed by atoms with Crippen molar-refractivity contribution in [2.75, 3.05) is 11.2 Å². The minimum atomic E-state index is -2.84. The first kappa shape index (κ1) is 19.3. The van der Waals surface area contributed by atoms with Crippen LogP contribution in [0.3, 0.4) is 0 Å². The molecule has 0 bridgehead atoms. The molecule has 4 aromatic rings. The second kappa shape index (κ2) is 8.24. The minimum absolute atomic E-state index is 0.163. The van der Waals surface area contributed by atoms with Gasteiger partial charge in [-0.1, -0.05) is 109 Å². The van der Waals surface area contributed by atoms with Crippen LogP contribution in [0.5, 0.6) is 0 Å². The molecule has 1 aliphatic rings. The van der Waals surface area contributed by atoms with E-state index in [2.05, 4.69) is 89.5 Å². The molecule has 4 aromatic carbocycles. The van der Waals surface area contributed by atoms with E-state index >= 15 is 0 Å². The highest BCUT2D eigenvalue weighted by atomic mass is 28.3. The highest BCUT2D eigenvalue weighted by Gasteiger charge is 2.53. The van der Waals surface area contributed by atoms with Gasteiger partial charge in [-0.05, 0) is 27.7 Å². The van der Waals surface area contributed by atoms with Crippen LogP contribution < -0.4 is 20.1 Å². The molecule has 1 fully saturated rings. The normalized spacial score (nSPS) is 15.6. The maximum atomic E-state index is 12.7. The molecule has 3 nitrogen and oxygen atoms in total. The molecule has 0 aliphatic carbocycles. The first-order chi connectivity index (χ1) is 15.3. The van der Waals surface area contributed by atoms with Gasteiger partial charge < -0.3 is 9.30 Å². The van der Waals surface area contributed by atoms with Gasteiger partial charge in [0.05, 0.1) is 0 Å². The van der Waals surface area contributed by atoms with Gasteiger partial charge in [0.2, 0.25) is 0 Å². The fourth-order valence-electron chi connectivity index (χ4n) is 4.56. The molecule has 31 heavy (non-hydrogen) atoms. The smallest absolute Gasteiger partial charge is 0.331 e. The van der Waals surface area contributed by atoms with E-state index in [0.29, 0.717) is 6.61 Å². The van der Waals surface area contributed by atoms with Crippen molar-refractivity contribution in [3.8, 4) is 0 Å². The van der Waals surface area contributed by atoms with Crippen LogP contribution >= 0.6 is 0 Å². The summed E-state index contributed by atoms with van der Waals surface area (Å²) < 4.78 is 7.66. The predicted octanol–water partition coefficient (Wildman–Crippen LogP) is 3.09. The summed E-state index contributed by atoms with van der Waals surface area (Å²) in [7, 11) is -2.84. The summed E-state index contributed by atoms with van der Waals surface area (Å²) in [4.78, 5) is 12.7. The zero-order valence-electron chi connectivity index (χ0n) is 17.1. The Balaban J connectivity index is 1.89. The number of esters is 1. The van der Waals surface area contributed by atoms with Gasteiger partial charge in [0.25, 0.3) is 8.24 Å². The summed E-state index contributed by atoms with van der Waals surface area (Å²) in [5, 5.41) is 3.70. The third-order valence-electron chi connectivity index (χ3n) is 5.94. The number of para-hydroxylation sites is 1. The summed E-state index contributed by atoms with van der Waals surface area (Å²) in [5.74, 6) is -0.163. The van der Waals surface area contributed by atoms with Gasteiger partial charge in [0, 0.05) is 5.69 Å². The highest BCUT2D eigenvalue weighted by molar-refractivity contribution is 7.14. The quantitative estimate of drug-likeness (QED) is 0.272. The van der Waals surface area contributed by atoms with Crippen molar-refractivity contribution in [1.82, 2.24) is 0 Å². The van der Waals surface area contributed by atoms with E-state index < -0.39 is 8.24 Å². The molecule has 1 atom stereocenters. The molecule has 0 saturated carbocycles. The SMILES string of the molecule is O=C1OCC1N(c1ccccc1)[Si](c1ccccc1)(c1ccccc1)c1ccccc1. The Morgan fingerprint density at radius 3 is 1.32 bits per heavy atom. The fourth-order valence-corrected chi connectivity index (χ4v) is 9.60. The van der Waals surface area contributed by atoms with E-state index in [1.165, 1.54) is 15.6 Å². The number of rotatable bonds is 6. The van der Waals surface area contributed by atoms with Crippen molar-refractivity contribution in [2.24, 2.45) is 0 Å². The molecule has 0 radical (unpaired) electrons. The van der Waals surface area contributed by atoms with Crippen LogP contribution in [0.4, 0.5) is 5.69 Å². The van der Waals surface area contributed by atoms with Gasteiger partial charge in [-0.2, -0.15) is 0 Å². The average Bonchev–Trinajstić information content (AvgIpc) is 2.85. The summed E-state index contributed by atoms with van der Waals surface area (Å²) in [6, 6.07) is 41.8. The van der Waals surface area contributed by atoms with E-state index in [9.17, 15) is 4.79 Å². The van der Waals surface area contributed by atoms with Crippen molar-refractivity contribution in [3.63, 3.8) is 0 Å². The van der Waals surface area contributed by atoms with E-state index in [1.54, 1.807) is 0 Å². The van der Waals surface area contributed by atoms with Gasteiger partial charge >= 0.3 is 5.97 Å². The molecule has 1 heterocycles. The molecule has 0 amide bonds. The maximum absolute atomic E-state index is 12.7. The van der Waals surface area contributed by atoms with Crippen molar-refractivity contribution < 1.29 is 9.53 Å². The third-order valence-corrected chi connectivity index (χ3v) is 10.7. The van der Waals surface area contributed by atoms with E-state index in [0.717, 1.165) is 5.69 Å². The van der Waals surface area contributed by atoms with Gasteiger partial charge in [0.15, 0.2) is 6.04 Å². The third kappa shape index (κ3) is 3.25. The standard InChI is InChI=1S/C27H23NO2Si/c29-27-26(21-30-27)28(22-13-5-1-6-14-22)31(23-15-7-2-8-16-23,24-17-9-3-10-18-24)25-19-11-4-12-20-25/h1-20,26H,21H2. The van der Waals surface area contributed by atoms with Gasteiger partial charge in [-0.3, -0.25) is 0 Å². The van der Waals surface area contributed by atoms with Crippen LogP contribution in [0.15, 0.2) is 121 Å². The van der Waals surface area contributed by atoms with E-state index in [4.69, 9.17) is 4.74 Å². The second-order valence-electron chi connectivity index (χ2n) is 7.66. The number of ether oxygens (including phenoxy) is 1. The number of hydrogen-bond acceptors (Lipinski definition) is 3. The molecular formula is C27H23NO2Si. The van der Waals surface area contributed by atoms with E-state index in [-0.39, 0.29) is 12.0 Å². The van der Waals surface area contributed by atoms with Crippen LogP contribution in [-0.2, 0) is 9.53 Å². The summed E-state index contributed by atoms with van der Waals surface area (Å²) >= 11 is 0. The van der Waals surface area contributed by atoms with Crippen LogP contribution in [-0.4, -0.2) is 26.9 Å². The molecule has 152 valence electrons. The summed E-state index contributed by atoms with van der Waals surface area (Å²) in [6.45, 7) is 0.398. The Morgan fingerprint density at radius 1 is 0.613 bits per heavy atom. The molecule has 0 N–H and O–H groups in total. The monoisotopic (exact) mass is 421 g/mol. The predicted molar refractivity (Wildman–Crippen MR) is 128 cm³/mol. The molecular weight excluding hydrogens is 398 g/mol. The molecule has 4 heteroatoms. The fraction of sp³-hybridized carbons (Fsp3) is 0.0741. The average molecular weight is 422 g/mol. The van der Waals surface area contributed by atoms with Crippen molar-refractivity contribution >= 4 is 35.5 Å². The first-order valence-corrected chi connectivity index (χ1v) is 12.4. The minimum Gasteiger partial charge on any atom is -0.461 e. The topological polar surface area (TPSA) is 29.5 Å². The van der Waals surface area contributed by atoms with Gasteiger partial charge in [-0.25, -0.2) is 4.79 Å². The molecule has 1 unspecified atom stereocenters. The number of cyclic esters (lactones) is 1. The van der Waals surface area contributed by atoms with Crippen LogP contribution in [0.2, 0.25) is 0 Å². The molecule has 0 spiro atoms. The molecule has 1 aliphatic heterocycles. The number of carbonyl (C=O) groups excluding carboxylic acids is 1. The Bertz CT molecular complexity index is 1050. The second-order valence-corrected chi connectivity index (χ2v) is 11.3. The molecule has 5 rings (SSSR count). The Morgan fingerprint density at radius 2 is 1.00 bits per heavy atom. The van der Waals surface area contributed by atoms with Crippen LogP contribution in [0, 0.1) is 0 Å². The Kier molecular flexibility index (Phi) is 5.14. The number of anilines is 1. The lowest BCUT2D eigenvalue weighted by atomic mass is 10.2. The number of nitrogens with zero attached hydrogens (tertiary/aromatic N) is 1. The number of hydrogen-bond donors (Lipinski definition) is 0. The van der Waals surface area contributed by atoms with Gasteiger partial charge in [0.1, 0.15) is 6.61 Å². The lowest BCUT2D eigenvalue weighted by molar-refractivity contribution is -0.160. The summed E-state index contributed by atoms with van der Waals surface area (Å²) in [5.41, 5.74) is 1.03. The van der Waals surface area contributed by atoms with Crippen molar-refractivity contribution in [2.45, 2.75) is 6.04 Å². The lowest BCUT2D eigenvalue weighted by Gasteiger charge is -2.50. The van der Waals surface area contributed by atoms with Crippen molar-refractivity contribution in [1.29, 1.82) is 0 Å². The Labute approximate surface area is 183 Å². The maximum Gasteiger partial charge on any atom is 0.331 e. The van der Waals surface area contributed by atoms with Crippen LogP contribution in [0.25, 0.3) is 0 Å².